The van der Waals surface area contributed by atoms with Crippen LogP contribution in [0.3, 0.4) is 0 Å². The van der Waals surface area contributed by atoms with Gasteiger partial charge in [-0.15, -0.1) is 0 Å². The summed E-state index contributed by atoms with van der Waals surface area (Å²) in [4.78, 5) is 2.21. The molecule has 1 rings (SSSR count). The van der Waals surface area contributed by atoms with Gasteiger partial charge in [0.2, 0.25) is 0 Å². The quantitative estimate of drug-likeness (QED) is 0.758. The van der Waals surface area contributed by atoms with Crippen molar-refractivity contribution in [2.24, 2.45) is 0 Å². The Kier molecular flexibility index (Phi) is 6.36. The molecule has 0 amide bonds. The van der Waals surface area contributed by atoms with Crippen LogP contribution in [0.2, 0.25) is 0 Å². The first-order valence-electron chi connectivity index (χ1n) is 7.00. The second-order valence-electron chi connectivity index (χ2n) is 4.96. The Bertz CT molecular complexity index is 355. The summed E-state index contributed by atoms with van der Waals surface area (Å²) in [5.74, 6) is 0. The molecule has 4 heteroatoms. The van der Waals surface area contributed by atoms with Gasteiger partial charge in [0.25, 0.3) is 0 Å². The standard InChI is InChI=1S/C14H28N4/c1-6-13-12(8-9-15-3)14(7-2)18(16-13)11-10-17(4)5/h15H,6-11H2,1-5H3. The van der Waals surface area contributed by atoms with E-state index in [1.807, 2.05) is 7.05 Å². The van der Waals surface area contributed by atoms with E-state index in [4.69, 9.17) is 5.10 Å². The Labute approximate surface area is 111 Å². The van der Waals surface area contributed by atoms with Gasteiger partial charge in [-0.1, -0.05) is 13.8 Å². The highest BCUT2D eigenvalue weighted by Gasteiger charge is 2.14. The number of nitrogens with one attached hydrogen (secondary N) is 1. The van der Waals surface area contributed by atoms with Crippen LogP contribution in [0, 0.1) is 0 Å². The number of rotatable bonds is 8. The van der Waals surface area contributed by atoms with Gasteiger partial charge in [0.05, 0.1) is 12.2 Å². The lowest BCUT2D eigenvalue weighted by molar-refractivity contribution is 0.369. The van der Waals surface area contributed by atoms with Crippen LogP contribution in [0.15, 0.2) is 0 Å². The maximum absolute atomic E-state index is 4.79. The summed E-state index contributed by atoms with van der Waals surface area (Å²) in [6, 6.07) is 0. The highest BCUT2D eigenvalue weighted by atomic mass is 15.3. The summed E-state index contributed by atoms with van der Waals surface area (Å²) in [6.07, 6.45) is 3.19. The third-order valence-electron chi connectivity index (χ3n) is 3.30. The third kappa shape index (κ3) is 3.82. The van der Waals surface area contributed by atoms with Gasteiger partial charge in [0, 0.05) is 12.2 Å². The summed E-state index contributed by atoms with van der Waals surface area (Å²) in [6.45, 7) is 7.48. The van der Waals surface area contributed by atoms with Crippen molar-refractivity contribution >= 4 is 0 Å². The van der Waals surface area contributed by atoms with E-state index in [9.17, 15) is 0 Å². The van der Waals surface area contributed by atoms with Gasteiger partial charge in [0.1, 0.15) is 0 Å². The maximum atomic E-state index is 4.79. The number of nitrogens with zero attached hydrogens (tertiary/aromatic N) is 3. The second-order valence-corrected chi connectivity index (χ2v) is 4.96. The summed E-state index contributed by atoms with van der Waals surface area (Å²) < 4.78 is 2.21. The molecule has 0 atom stereocenters. The zero-order chi connectivity index (χ0) is 13.5. The molecule has 0 unspecified atom stereocenters. The zero-order valence-corrected chi connectivity index (χ0v) is 12.6. The molecule has 104 valence electrons. The Morgan fingerprint density at radius 2 is 1.94 bits per heavy atom. The van der Waals surface area contributed by atoms with E-state index in [0.717, 1.165) is 38.9 Å². The summed E-state index contributed by atoms with van der Waals surface area (Å²) in [5.41, 5.74) is 4.16. The number of likely N-dealkylation sites (N-methyl/N-ethyl adjacent to an activating group) is 2. The van der Waals surface area contributed by atoms with Crippen LogP contribution >= 0.6 is 0 Å². The highest BCUT2D eigenvalue weighted by molar-refractivity contribution is 5.27. The Morgan fingerprint density at radius 3 is 2.44 bits per heavy atom. The largest absolute Gasteiger partial charge is 0.319 e. The van der Waals surface area contributed by atoms with Crippen LogP contribution in [-0.4, -0.2) is 48.9 Å². The molecule has 0 saturated heterocycles. The van der Waals surface area contributed by atoms with Crippen molar-refractivity contribution in [3.05, 3.63) is 17.0 Å². The van der Waals surface area contributed by atoms with Crippen LogP contribution < -0.4 is 5.32 Å². The molecule has 1 heterocycles. The molecule has 0 aromatic carbocycles. The van der Waals surface area contributed by atoms with Crippen molar-refractivity contribution in [2.75, 3.05) is 34.2 Å². The number of aryl methyl sites for hydroxylation is 1. The molecular formula is C14H28N4. The third-order valence-corrected chi connectivity index (χ3v) is 3.30. The average molecular weight is 252 g/mol. The maximum Gasteiger partial charge on any atom is 0.0657 e. The lowest BCUT2D eigenvalue weighted by Gasteiger charge is -2.12. The first kappa shape index (κ1) is 15.2. The molecule has 0 aliphatic carbocycles. The topological polar surface area (TPSA) is 33.1 Å². The molecule has 0 spiro atoms. The van der Waals surface area contributed by atoms with Crippen molar-refractivity contribution < 1.29 is 0 Å². The Balaban J connectivity index is 2.92. The van der Waals surface area contributed by atoms with Crippen molar-refractivity contribution in [2.45, 2.75) is 39.7 Å². The van der Waals surface area contributed by atoms with Crippen LogP contribution in [0.1, 0.15) is 30.8 Å². The zero-order valence-electron chi connectivity index (χ0n) is 12.6. The normalized spacial score (nSPS) is 11.4. The van der Waals surface area contributed by atoms with Crippen molar-refractivity contribution in [1.82, 2.24) is 20.0 Å². The summed E-state index contributed by atoms with van der Waals surface area (Å²) >= 11 is 0. The molecule has 0 aliphatic rings. The molecular weight excluding hydrogens is 224 g/mol. The lowest BCUT2D eigenvalue weighted by Crippen LogP contribution is -2.20. The molecule has 1 N–H and O–H groups in total. The number of hydrogen-bond acceptors (Lipinski definition) is 3. The summed E-state index contributed by atoms with van der Waals surface area (Å²) in [7, 11) is 6.23. The van der Waals surface area contributed by atoms with Crippen LogP contribution in [-0.2, 0) is 25.8 Å². The van der Waals surface area contributed by atoms with Gasteiger partial charge >= 0.3 is 0 Å². The minimum Gasteiger partial charge on any atom is -0.319 e. The van der Waals surface area contributed by atoms with E-state index in [1.165, 1.54) is 17.0 Å². The van der Waals surface area contributed by atoms with Gasteiger partial charge < -0.3 is 10.2 Å². The van der Waals surface area contributed by atoms with Gasteiger partial charge in [-0.3, -0.25) is 4.68 Å². The average Bonchev–Trinajstić information content (AvgIpc) is 2.70. The molecule has 0 aliphatic heterocycles. The van der Waals surface area contributed by atoms with Crippen molar-refractivity contribution in [3.8, 4) is 0 Å². The Hall–Kier alpha value is -0.870. The first-order chi connectivity index (χ1) is 8.63. The molecule has 1 aromatic heterocycles. The van der Waals surface area contributed by atoms with E-state index < -0.39 is 0 Å². The van der Waals surface area contributed by atoms with E-state index in [2.05, 4.69) is 42.8 Å². The van der Waals surface area contributed by atoms with E-state index in [1.54, 1.807) is 0 Å². The highest BCUT2D eigenvalue weighted by Crippen LogP contribution is 2.17. The lowest BCUT2D eigenvalue weighted by atomic mass is 10.1. The fourth-order valence-corrected chi connectivity index (χ4v) is 2.29. The molecule has 18 heavy (non-hydrogen) atoms. The number of hydrogen-bond donors (Lipinski definition) is 1. The SMILES string of the molecule is CCc1nn(CCN(C)C)c(CC)c1CCNC. The summed E-state index contributed by atoms with van der Waals surface area (Å²) in [5, 5.41) is 8.02. The Morgan fingerprint density at radius 1 is 1.22 bits per heavy atom. The van der Waals surface area contributed by atoms with Crippen LogP contribution in [0.4, 0.5) is 0 Å². The monoisotopic (exact) mass is 252 g/mol. The van der Waals surface area contributed by atoms with Gasteiger partial charge in [0.15, 0.2) is 0 Å². The first-order valence-corrected chi connectivity index (χ1v) is 7.00. The van der Waals surface area contributed by atoms with Crippen LogP contribution in [0.25, 0.3) is 0 Å². The van der Waals surface area contributed by atoms with Gasteiger partial charge in [-0.2, -0.15) is 5.10 Å². The molecule has 1 aromatic rings. The van der Waals surface area contributed by atoms with Crippen molar-refractivity contribution in [3.63, 3.8) is 0 Å². The predicted molar refractivity (Wildman–Crippen MR) is 77.2 cm³/mol. The molecule has 0 saturated carbocycles. The molecule has 0 fully saturated rings. The van der Waals surface area contributed by atoms with Gasteiger partial charge in [-0.25, -0.2) is 0 Å². The fraction of sp³-hybridized carbons (Fsp3) is 0.786. The minimum absolute atomic E-state index is 0.989. The molecule has 0 bridgehead atoms. The smallest absolute Gasteiger partial charge is 0.0657 e. The van der Waals surface area contributed by atoms with Crippen LogP contribution in [0.5, 0.6) is 0 Å². The predicted octanol–water partition coefficient (Wildman–Crippen LogP) is 1.33. The van der Waals surface area contributed by atoms with Crippen molar-refractivity contribution in [1.29, 1.82) is 0 Å². The fourth-order valence-electron chi connectivity index (χ4n) is 2.29. The molecule has 4 nitrogen and oxygen atoms in total. The second kappa shape index (κ2) is 7.54. The minimum atomic E-state index is 0.989. The molecule has 0 radical (unpaired) electrons. The number of aromatic nitrogens is 2. The van der Waals surface area contributed by atoms with E-state index in [0.29, 0.717) is 0 Å². The van der Waals surface area contributed by atoms with E-state index >= 15 is 0 Å². The van der Waals surface area contributed by atoms with E-state index in [-0.39, 0.29) is 0 Å². The van der Waals surface area contributed by atoms with Gasteiger partial charge in [-0.05, 0) is 52.5 Å².